The van der Waals surface area contributed by atoms with Crippen LogP contribution in [0.1, 0.15) is 0 Å². The van der Waals surface area contributed by atoms with Crippen LogP contribution in [0.2, 0.25) is 0 Å². The number of carboxylic acids is 4. The minimum Gasteiger partial charge on any atom is -0.480 e. The summed E-state index contributed by atoms with van der Waals surface area (Å²) in [5, 5.41) is 54.0. The number of carbonyl (C=O) groups is 4. The van der Waals surface area contributed by atoms with Crippen LogP contribution in [-0.4, -0.2) is 167 Å². The van der Waals surface area contributed by atoms with Crippen LogP contribution in [0.4, 0.5) is 0 Å². The average molecular weight is 559 g/mol. The van der Waals surface area contributed by atoms with Crippen LogP contribution in [0.3, 0.4) is 0 Å². The van der Waals surface area contributed by atoms with E-state index in [1.807, 2.05) is 0 Å². The zero-order valence-electron chi connectivity index (χ0n) is 21.2. The van der Waals surface area contributed by atoms with Gasteiger partial charge in [0.15, 0.2) is 0 Å². The van der Waals surface area contributed by atoms with Crippen LogP contribution in [0, 0.1) is 0 Å². The molecule has 2 atom stereocenters. The lowest BCUT2D eigenvalue weighted by atomic mass is 9.88. The highest BCUT2D eigenvalue weighted by Gasteiger charge is 2.40. The molecule has 0 aliphatic carbocycles. The molecule has 0 aromatic carbocycles. The second-order valence-corrected chi connectivity index (χ2v) is 8.09. The van der Waals surface area contributed by atoms with Crippen molar-refractivity contribution in [1.29, 1.82) is 0 Å². The molecule has 14 N–H and O–H groups in total. The fourth-order valence-corrected chi connectivity index (χ4v) is 2.86. The minimum atomic E-state index is -1.66. The van der Waals surface area contributed by atoms with E-state index in [9.17, 15) is 29.4 Å². The number of nitrogens with two attached hydrogens (primary N) is 4. The third kappa shape index (κ3) is 18.7. The molecule has 0 fully saturated rings. The molecule has 0 rings (SSSR count). The van der Waals surface area contributed by atoms with Gasteiger partial charge in [0, 0.05) is 26.2 Å². The lowest BCUT2D eigenvalue weighted by Crippen LogP contribution is -2.64. The number of aliphatic hydroxyl groups excluding tert-OH is 1. The normalized spacial score (nSPS) is 14.3. The van der Waals surface area contributed by atoms with Crippen molar-refractivity contribution in [3.05, 3.63) is 0 Å². The molecule has 0 aliphatic rings. The first kappa shape index (κ1) is 37.6. The molecule has 0 saturated carbocycles. The number of nitrogens with zero attached hydrogens (tertiary/aromatic N) is 2. The van der Waals surface area contributed by atoms with Gasteiger partial charge >= 0.3 is 23.9 Å². The van der Waals surface area contributed by atoms with E-state index in [1.54, 1.807) is 0 Å². The SMILES string of the molecule is NCCOCC(N)C(O)(CO)C(N)COCCN.O=C(O)CN(CCN(CC(=O)O)CC(=O)O)CC(=O)O. The molecule has 0 saturated heterocycles. The molecule has 0 aromatic heterocycles. The second kappa shape index (κ2) is 21.4. The van der Waals surface area contributed by atoms with Crippen LogP contribution in [0.5, 0.6) is 0 Å². The van der Waals surface area contributed by atoms with Gasteiger partial charge in [0.2, 0.25) is 0 Å². The summed E-state index contributed by atoms with van der Waals surface area (Å²) in [6.45, 7) is -1.35. The van der Waals surface area contributed by atoms with Gasteiger partial charge in [-0.1, -0.05) is 0 Å². The Morgan fingerprint density at radius 3 is 1.18 bits per heavy atom. The van der Waals surface area contributed by atoms with Crippen molar-refractivity contribution in [3.63, 3.8) is 0 Å². The number of carboxylic acid groups (broad SMARTS) is 4. The highest BCUT2D eigenvalue weighted by Crippen LogP contribution is 2.13. The molecule has 0 bridgehead atoms. The summed E-state index contributed by atoms with van der Waals surface area (Å²) in [7, 11) is 0. The Morgan fingerprint density at radius 2 is 0.974 bits per heavy atom. The predicted octanol–water partition coefficient (Wildman–Crippen LogP) is -5.76. The molecular formula is C20H42N6O12. The molecule has 18 heteroatoms. The molecule has 0 aromatic rings. The largest absolute Gasteiger partial charge is 0.480 e. The second-order valence-electron chi connectivity index (χ2n) is 8.09. The molecule has 0 amide bonds. The fourth-order valence-electron chi connectivity index (χ4n) is 2.86. The van der Waals surface area contributed by atoms with Crippen molar-refractivity contribution >= 4 is 23.9 Å². The van der Waals surface area contributed by atoms with Gasteiger partial charge in [-0.05, 0) is 0 Å². The van der Waals surface area contributed by atoms with Crippen molar-refractivity contribution < 1.29 is 59.3 Å². The molecule has 224 valence electrons. The van der Waals surface area contributed by atoms with Gasteiger partial charge in [-0.2, -0.15) is 0 Å². The molecule has 2 unspecified atom stereocenters. The Bertz CT molecular complexity index is 617. The average Bonchev–Trinajstić information content (AvgIpc) is 2.81. The summed E-state index contributed by atoms with van der Waals surface area (Å²) >= 11 is 0. The number of aliphatic hydroxyl groups is 2. The zero-order chi connectivity index (χ0) is 29.7. The Labute approximate surface area is 219 Å². The number of hydrogen-bond donors (Lipinski definition) is 10. The van der Waals surface area contributed by atoms with Gasteiger partial charge in [0.05, 0.1) is 71.3 Å². The van der Waals surface area contributed by atoms with E-state index in [-0.39, 0.29) is 26.3 Å². The quantitative estimate of drug-likeness (QED) is 0.0553. The van der Waals surface area contributed by atoms with Crippen molar-refractivity contribution in [2.45, 2.75) is 17.7 Å². The molecule has 0 spiro atoms. The maximum atomic E-state index is 10.6. The van der Waals surface area contributed by atoms with Gasteiger partial charge in [-0.25, -0.2) is 0 Å². The highest BCUT2D eigenvalue weighted by atomic mass is 16.5. The van der Waals surface area contributed by atoms with Gasteiger partial charge < -0.3 is 63.0 Å². The lowest BCUT2D eigenvalue weighted by Gasteiger charge is -2.36. The smallest absolute Gasteiger partial charge is 0.317 e. The van der Waals surface area contributed by atoms with Crippen molar-refractivity contribution in [3.8, 4) is 0 Å². The van der Waals surface area contributed by atoms with Crippen LogP contribution >= 0.6 is 0 Å². The van der Waals surface area contributed by atoms with E-state index in [1.165, 1.54) is 0 Å². The van der Waals surface area contributed by atoms with Crippen LogP contribution < -0.4 is 22.9 Å². The maximum absolute atomic E-state index is 10.6. The molecule has 0 heterocycles. The summed E-state index contributed by atoms with van der Waals surface area (Å²) in [5.74, 6) is -4.91. The summed E-state index contributed by atoms with van der Waals surface area (Å²) < 4.78 is 10.3. The van der Waals surface area contributed by atoms with Crippen LogP contribution in [0.15, 0.2) is 0 Å². The first-order valence-electron chi connectivity index (χ1n) is 11.4. The highest BCUT2D eigenvalue weighted by molar-refractivity contribution is 5.73. The molecule has 18 nitrogen and oxygen atoms in total. The first-order chi connectivity index (χ1) is 17.7. The minimum absolute atomic E-state index is 0.0544. The predicted molar refractivity (Wildman–Crippen MR) is 131 cm³/mol. The van der Waals surface area contributed by atoms with E-state index < -0.39 is 74.3 Å². The Hall–Kier alpha value is -2.52. The van der Waals surface area contributed by atoms with Crippen LogP contribution in [-0.2, 0) is 28.7 Å². The topological polar surface area (TPSA) is 319 Å². The summed E-state index contributed by atoms with van der Waals surface area (Å²) in [6, 6.07) is -1.66. The van der Waals surface area contributed by atoms with E-state index in [2.05, 4.69) is 0 Å². The van der Waals surface area contributed by atoms with Gasteiger partial charge in [0.25, 0.3) is 0 Å². The van der Waals surface area contributed by atoms with E-state index >= 15 is 0 Å². The third-order valence-electron chi connectivity index (χ3n) is 4.82. The fraction of sp³-hybridized carbons (Fsp3) is 0.800. The maximum Gasteiger partial charge on any atom is 0.317 e. The molecule has 0 radical (unpaired) electrons. The Kier molecular flexibility index (Phi) is 21.2. The van der Waals surface area contributed by atoms with Crippen molar-refractivity contribution in [2.24, 2.45) is 22.9 Å². The Morgan fingerprint density at radius 1 is 0.684 bits per heavy atom. The van der Waals surface area contributed by atoms with Crippen molar-refractivity contribution in [1.82, 2.24) is 9.80 Å². The number of ether oxygens (including phenoxy) is 2. The zero-order valence-corrected chi connectivity index (χ0v) is 21.2. The summed E-state index contributed by atoms with van der Waals surface area (Å²) in [4.78, 5) is 44.4. The van der Waals surface area contributed by atoms with Crippen molar-refractivity contribution in [2.75, 3.05) is 85.4 Å². The summed E-state index contributed by atoms with van der Waals surface area (Å²) in [6.07, 6.45) is 0. The van der Waals surface area contributed by atoms with Crippen LogP contribution in [0.25, 0.3) is 0 Å². The van der Waals surface area contributed by atoms with E-state index in [4.69, 9.17) is 52.8 Å². The Balaban J connectivity index is 0. The van der Waals surface area contributed by atoms with E-state index in [0.29, 0.717) is 26.3 Å². The van der Waals surface area contributed by atoms with Gasteiger partial charge in [-0.3, -0.25) is 29.0 Å². The lowest BCUT2D eigenvalue weighted by molar-refractivity contribution is -0.145. The number of rotatable bonds is 22. The monoisotopic (exact) mass is 558 g/mol. The van der Waals surface area contributed by atoms with Gasteiger partial charge in [-0.15, -0.1) is 0 Å². The van der Waals surface area contributed by atoms with Gasteiger partial charge in [0.1, 0.15) is 5.60 Å². The first-order valence-corrected chi connectivity index (χ1v) is 11.4. The standard InChI is InChI=1S/C10H26N4O4.C10H16N2O8/c11-1-3-17-5-8(13)10(16,7-15)9(14)6-18-4-2-12;13-7(14)3-11(4-8(15)16)1-2-12(5-9(17)18)6-10(19)20/h8-9,15-16H,1-7,11-14H2;1-6H2,(H,13,14)(H,15,16)(H,17,18)(H,19,20). The van der Waals surface area contributed by atoms with E-state index in [0.717, 1.165) is 9.80 Å². The number of hydrogen-bond acceptors (Lipinski definition) is 14. The molecule has 0 aliphatic heterocycles. The third-order valence-corrected chi connectivity index (χ3v) is 4.82. The molecular weight excluding hydrogens is 516 g/mol. The number of aliphatic carboxylic acids is 4. The molecule has 38 heavy (non-hydrogen) atoms. The summed E-state index contributed by atoms with van der Waals surface area (Å²) in [5.41, 5.74) is 20.4.